The quantitative estimate of drug-likeness (QED) is 0.367. The zero-order valence-corrected chi connectivity index (χ0v) is 22.6. The Morgan fingerprint density at radius 1 is 0.947 bits per heavy atom. The lowest BCUT2D eigenvalue weighted by Crippen LogP contribution is -2.56. The number of benzene rings is 3. The molecule has 3 N–H and O–H groups in total. The molecule has 8 nitrogen and oxygen atoms in total. The van der Waals surface area contributed by atoms with Gasteiger partial charge in [0.2, 0.25) is 5.91 Å². The van der Waals surface area contributed by atoms with Crippen LogP contribution in [-0.2, 0) is 14.3 Å². The van der Waals surface area contributed by atoms with Crippen molar-refractivity contribution in [1.82, 2.24) is 10.2 Å². The number of carbonyl (C=O) groups excluding carboxylic acids is 3. The van der Waals surface area contributed by atoms with Crippen LogP contribution in [0.3, 0.4) is 0 Å². The smallest absolute Gasteiger partial charge is 0.408 e. The first kappa shape index (κ1) is 28.7. The van der Waals surface area contributed by atoms with Gasteiger partial charge in [0.25, 0.3) is 5.91 Å². The van der Waals surface area contributed by atoms with Crippen LogP contribution in [0, 0.1) is 0 Å². The van der Waals surface area contributed by atoms with Gasteiger partial charge in [-0.05, 0) is 62.6 Å². The van der Waals surface area contributed by atoms with E-state index in [1.807, 2.05) is 62.4 Å². The molecule has 3 unspecified atom stereocenters. The average molecular weight is 520 g/mol. The fourth-order valence-corrected chi connectivity index (χ4v) is 4.16. The minimum Gasteiger partial charge on any atom is -0.444 e. The van der Waals surface area contributed by atoms with Gasteiger partial charge in [0.05, 0.1) is 6.61 Å². The lowest BCUT2D eigenvalue weighted by atomic mass is 10.00. The first-order valence-corrected chi connectivity index (χ1v) is 12.8. The molecule has 3 aromatic rings. The molecule has 0 aromatic heterocycles. The Hall–Kier alpha value is -3.91. The number of hydrogen-bond acceptors (Lipinski definition) is 5. The third kappa shape index (κ3) is 7.32. The Balaban J connectivity index is 1.97. The summed E-state index contributed by atoms with van der Waals surface area (Å²) in [6, 6.07) is 19.7. The van der Waals surface area contributed by atoms with Crippen LogP contribution in [0.5, 0.6) is 0 Å². The molecule has 8 heteroatoms. The lowest BCUT2D eigenvalue weighted by molar-refractivity contribution is -0.144. The van der Waals surface area contributed by atoms with E-state index >= 15 is 0 Å². The fourth-order valence-electron chi connectivity index (χ4n) is 4.16. The molecule has 0 spiro atoms. The van der Waals surface area contributed by atoms with E-state index in [1.54, 1.807) is 45.0 Å². The van der Waals surface area contributed by atoms with Gasteiger partial charge < -0.3 is 25.4 Å². The van der Waals surface area contributed by atoms with Gasteiger partial charge >= 0.3 is 6.09 Å². The Kier molecular flexibility index (Phi) is 9.47. The first-order chi connectivity index (χ1) is 18.0. The molecular formula is C30H37N3O5. The maximum Gasteiger partial charge on any atom is 0.408 e. The van der Waals surface area contributed by atoms with Gasteiger partial charge in [0.15, 0.2) is 0 Å². The largest absolute Gasteiger partial charge is 0.444 e. The van der Waals surface area contributed by atoms with Crippen molar-refractivity contribution in [3.8, 4) is 0 Å². The zero-order chi connectivity index (χ0) is 27.9. The lowest BCUT2D eigenvalue weighted by Gasteiger charge is -2.38. The molecule has 0 radical (unpaired) electrons. The summed E-state index contributed by atoms with van der Waals surface area (Å²) in [6.07, 6.45) is -0.283. The fraction of sp³-hybridized carbons (Fsp3) is 0.367. The molecular weight excluding hydrogens is 482 g/mol. The van der Waals surface area contributed by atoms with Crippen molar-refractivity contribution in [1.29, 1.82) is 0 Å². The van der Waals surface area contributed by atoms with Crippen LogP contribution < -0.4 is 10.6 Å². The molecule has 3 aromatic carbocycles. The summed E-state index contributed by atoms with van der Waals surface area (Å²) in [4.78, 5) is 41.6. The Morgan fingerprint density at radius 3 is 2.18 bits per heavy atom. The monoisotopic (exact) mass is 519 g/mol. The molecule has 3 amide bonds. The Bertz CT molecular complexity index is 1260. The standard InChI is InChI=1S/C30H37N3O5/c1-6-20(2)33(28(36)25(19-34)32-29(37)38-30(3,4)5)26(22-13-8-7-9-14-22)27(35)31-24-17-16-21-12-10-11-15-23(21)18-24/h7-18,20,25-26,34H,6,19H2,1-5H3,(H,31,35)(H,32,37). The summed E-state index contributed by atoms with van der Waals surface area (Å²) < 4.78 is 5.28. The number of aliphatic hydroxyl groups excluding tert-OH is 1. The van der Waals surface area contributed by atoms with Crippen LogP contribution in [0.15, 0.2) is 72.8 Å². The number of nitrogens with zero attached hydrogens (tertiary/aromatic N) is 1. The number of rotatable bonds is 9. The Labute approximate surface area is 224 Å². The first-order valence-electron chi connectivity index (χ1n) is 12.8. The molecule has 3 rings (SSSR count). The van der Waals surface area contributed by atoms with Gasteiger partial charge in [-0.15, -0.1) is 0 Å². The second kappa shape index (κ2) is 12.6. The number of nitrogens with one attached hydrogen (secondary N) is 2. The summed E-state index contributed by atoms with van der Waals surface area (Å²) in [6.45, 7) is 8.20. The summed E-state index contributed by atoms with van der Waals surface area (Å²) >= 11 is 0. The van der Waals surface area contributed by atoms with E-state index in [4.69, 9.17) is 4.74 Å². The minimum absolute atomic E-state index is 0.385. The van der Waals surface area contributed by atoms with Crippen molar-refractivity contribution >= 4 is 34.4 Å². The van der Waals surface area contributed by atoms with Crippen molar-refractivity contribution in [3.05, 3.63) is 78.4 Å². The second-order valence-electron chi connectivity index (χ2n) is 10.2. The van der Waals surface area contributed by atoms with E-state index < -0.39 is 42.2 Å². The molecule has 202 valence electrons. The van der Waals surface area contributed by atoms with Crippen LogP contribution >= 0.6 is 0 Å². The topological polar surface area (TPSA) is 108 Å². The zero-order valence-electron chi connectivity index (χ0n) is 22.6. The second-order valence-corrected chi connectivity index (χ2v) is 10.2. The van der Waals surface area contributed by atoms with Crippen LogP contribution in [-0.4, -0.2) is 52.2 Å². The minimum atomic E-state index is -1.29. The highest BCUT2D eigenvalue weighted by molar-refractivity contribution is 6.00. The molecule has 38 heavy (non-hydrogen) atoms. The van der Waals surface area contributed by atoms with E-state index in [2.05, 4.69) is 10.6 Å². The Morgan fingerprint density at radius 2 is 1.58 bits per heavy atom. The number of anilines is 1. The van der Waals surface area contributed by atoms with Crippen molar-refractivity contribution in [2.45, 2.75) is 64.8 Å². The van der Waals surface area contributed by atoms with E-state index in [0.29, 0.717) is 17.7 Å². The predicted molar refractivity (Wildman–Crippen MR) is 149 cm³/mol. The maximum atomic E-state index is 13.9. The SMILES string of the molecule is CCC(C)N(C(=O)C(CO)NC(=O)OC(C)(C)C)C(C(=O)Nc1ccc2ccccc2c1)c1ccccc1. The summed E-state index contributed by atoms with van der Waals surface area (Å²) in [5.41, 5.74) is 0.417. The predicted octanol–water partition coefficient (Wildman–Crippen LogP) is 5.03. The van der Waals surface area contributed by atoms with Crippen LogP contribution in [0.4, 0.5) is 10.5 Å². The number of carbonyl (C=O) groups is 3. The molecule has 0 aliphatic rings. The maximum absolute atomic E-state index is 13.9. The number of ether oxygens (including phenoxy) is 1. The van der Waals surface area contributed by atoms with Gasteiger partial charge in [-0.25, -0.2) is 4.79 Å². The summed E-state index contributed by atoms with van der Waals surface area (Å²) in [5.74, 6) is -0.996. The molecule has 3 atom stereocenters. The molecule has 0 aliphatic heterocycles. The number of fused-ring (bicyclic) bond motifs is 1. The molecule has 0 aliphatic carbocycles. The third-order valence-corrected chi connectivity index (χ3v) is 6.15. The molecule has 0 saturated heterocycles. The molecule has 0 fully saturated rings. The van der Waals surface area contributed by atoms with Crippen molar-refractivity contribution < 1.29 is 24.2 Å². The normalized spacial score (nSPS) is 13.7. The highest BCUT2D eigenvalue weighted by Gasteiger charge is 2.38. The number of amides is 3. The van der Waals surface area contributed by atoms with Gasteiger partial charge in [-0.3, -0.25) is 9.59 Å². The number of hydrogen-bond donors (Lipinski definition) is 3. The highest BCUT2D eigenvalue weighted by atomic mass is 16.6. The van der Waals surface area contributed by atoms with Crippen LogP contribution in [0.1, 0.15) is 52.6 Å². The van der Waals surface area contributed by atoms with E-state index in [0.717, 1.165) is 10.8 Å². The van der Waals surface area contributed by atoms with Crippen molar-refractivity contribution in [2.75, 3.05) is 11.9 Å². The average Bonchev–Trinajstić information content (AvgIpc) is 2.88. The summed E-state index contributed by atoms with van der Waals surface area (Å²) in [7, 11) is 0. The van der Waals surface area contributed by atoms with Crippen LogP contribution in [0.2, 0.25) is 0 Å². The van der Waals surface area contributed by atoms with Gasteiger partial charge in [-0.1, -0.05) is 67.6 Å². The molecule has 0 bridgehead atoms. The molecule has 0 heterocycles. The van der Waals surface area contributed by atoms with Gasteiger partial charge in [-0.2, -0.15) is 0 Å². The summed E-state index contributed by atoms with van der Waals surface area (Å²) in [5, 5.41) is 17.5. The van der Waals surface area contributed by atoms with Gasteiger partial charge in [0, 0.05) is 11.7 Å². The van der Waals surface area contributed by atoms with E-state index in [9.17, 15) is 19.5 Å². The van der Waals surface area contributed by atoms with Crippen molar-refractivity contribution in [3.63, 3.8) is 0 Å². The number of aliphatic hydroxyl groups is 1. The number of alkyl carbamates (subject to hydrolysis) is 1. The van der Waals surface area contributed by atoms with E-state index in [1.165, 1.54) is 4.90 Å². The van der Waals surface area contributed by atoms with Crippen molar-refractivity contribution in [2.24, 2.45) is 0 Å². The third-order valence-electron chi connectivity index (χ3n) is 6.15. The van der Waals surface area contributed by atoms with E-state index in [-0.39, 0.29) is 6.04 Å². The van der Waals surface area contributed by atoms with Crippen LogP contribution in [0.25, 0.3) is 10.8 Å². The molecule has 0 saturated carbocycles. The highest BCUT2D eigenvalue weighted by Crippen LogP contribution is 2.28. The van der Waals surface area contributed by atoms with Gasteiger partial charge in [0.1, 0.15) is 17.7 Å².